The van der Waals surface area contributed by atoms with Crippen molar-refractivity contribution in [3.05, 3.63) is 63.8 Å². The summed E-state index contributed by atoms with van der Waals surface area (Å²) in [4.78, 5) is 12.3. The predicted octanol–water partition coefficient (Wildman–Crippen LogP) is 5.06. The van der Waals surface area contributed by atoms with E-state index in [2.05, 4.69) is 21.2 Å². The van der Waals surface area contributed by atoms with Crippen LogP contribution in [0.2, 0.25) is 0 Å². The Morgan fingerprint density at radius 1 is 1.05 bits per heavy atom. The molecule has 0 atom stereocenters. The second-order valence-corrected chi connectivity index (χ2v) is 5.94. The number of fused-ring (bicyclic) bond motifs is 1. The zero-order valence-corrected chi connectivity index (χ0v) is 13.3. The van der Waals surface area contributed by atoms with Crippen LogP contribution >= 0.6 is 15.9 Å². The first-order valence-corrected chi connectivity index (χ1v) is 7.40. The number of carbonyl (C=O) groups is 1. The van der Waals surface area contributed by atoms with Crippen molar-refractivity contribution in [2.75, 3.05) is 5.32 Å². The van der Waals surface area contributed by atoms with Crippen molar-refractivity contribution < 1.29 is 9.21 Å². The Balaban J connectivity index is 1.89. The molecule has 3 rings (SSSR count). The van der Waals surface area contributed by atoms with Gasteiger partial charge in [0.15, 0.2) is 5.76 Å². The zero-order valence-electron chi connectivity index (χ0n) is 11.7. The zero-order chi connectivity index (χ0) is 15.0. The molecule has 1 amide bonds. The van der Waals surface area contributed by atoms with Gasteiger partial charge in [-0.15, -0.1) is 0 Å². The van der Waals surface area contributed by atoms with Crippen molar-refractivity contribution in [1.29, 1.82) is 0 Å². The van der Waals surface area contributed by atoms with Crippen molar-refractivity contribution in [1.82, 2.24) is 0 Å². The van der Waals surface area contributed by atoms with Crippen molar-refractivity contribution in [2.45, 2.75) is 13.8 Å². The van der Waals surface area contributed by atoms with Crippen LogP contribution in [0.5, 0.6) is 0 Å². The number of aryl methyl sites for hydroxylation is 2. The number of hydrogen-bond donors (Lipinski definition) is 1. The predicted molar refractivity (Wildman–Crippen MR) is 87.8 cm³/mol. The van der Waals surface area contributed by atoms with E-state index in [4.69, 9.17) is 4.42 Å². The van der Waals surface area contributed by atoms with Crippen LogP contribution in [0.4, 0.5) is 5.69 Å². The molecule has 3 aromatic rings. The normalized spacial score (nSPS) is 10.8. The van der Waals surface area contributed by atoms with Gasteiger partial charge in [0.25, 0.3) is 5.91 Å². The van der Waals surface area contributed by atoms with Gasteiger partial charge in [-0.3, -0.25) is 4.79 Å². The van der Waals surface area contributed by atoms with Crippen molar-refractivity contribution in [2.24, 2.45) is 0 Å². The van der Waals surface area contributed by atoms with Crippen LogP contribution < -0.4 is 5.32 Å². The van der Waals surface area contributed by atoms with Crippen LogP contribution in [0.1, 0.15) is 21.7 Å². The Kier molecular flexibility index (Phi) is 3.55. The second kappa shape index (κ2) is 5.37. The van der Waals surface area contributed by atoms with Crippen LogP contribution in [0.15, 0.2) is 51.4 Å². The third kappa shape index (κ3) is 2.85. The average molecular weight is 344 g/mol. The van der Waals surface area contributed by atoms with E-state index in [0.29, 0.717) is 5.76 Å². The van der Waals surface area contributed by atoms with Gasteiger partial charge in [-0.05, 0) is 65.2 Å². The monoisotopic (exact) mass is 343 g/mol. The summed E-state index contributed by atoms with van der Waals surface area (Å²) in [5.74, 6) is 0.0523. The van der Waals surface area contributed by atoms with Crippen molar-refractivity contribution in [3.63, 3.8) is 0 Å². The van der Waals surface area contributed by atoms with Crippen molar-refractivity contribution >= 4 is 38.5 Å². The van der Waals surface area contributed by atoms with Crippen LogP contribution in [-0.2, 0) is 0 Å². The van der Waals surface area contributed by atoms with E-state index in [9.17, 15) is 4.79 Å². The Morgan fingerprint density at radius 2 is 1.76 bits per heavy atom. The molecule has 1 heterocycles. The van der Waals surface area contributed by atoms with Gasteiger partial charge in [-0.2, -0.15) is 0 Å². The highest BCUT2D eigenvalue weighted by atomic mass is 79.9. The summed E-state index contributed by atoms with van der Waals surface area (Å²) in [7, 11) is 0. The maximum absolute atomic E-state index is 12.3. The van der Waals surface area contributed by atoms with Gasteiger partial charge >= 0.3 is 0 Å². The van der Waals surface area contributed by atoms with Gasteiger partial charge in [-0.1, -0.05) is 18.2 Å². The van der Waals surface area contributed by atoms with E-state index in [-0.39, 0.29) is 5.91 Å². The van der Waals surface area contributed by atoms with Crippen LogP contribution in [0, 0.1) is 13.8 Å². The van der Waals surface area contributed by atoms with Gasteiger partial charge in [0, 0.05) is 9.86 Å². The number of amides is 1. The van der Waals surface area contributed by atoms with Crippen molar-refractivity contribution in [3.8, 4) is 0 Å². The molecule has 0 aliphatic heterocycles. The van der Waals surface area contributed by atoms with Gasteiger partial charge in [0.05, 0.1) is 5.69 Å². The molecule has 0 spiro atoms. The minimum Gasteiger partial charge on any atom is -0.451 e. The number of furan rings is 1. The van der Waals surface area contributed by atoms with Gasteiger partial charge in [0.1, 0.15) is 5.58 Å². The fourth-order valence-electron chi connectivity index (χ4n) is 2.16. The Morgan fingerprint density at radius 3 is 2.52 bits per heavy atom. The summed E-state index contributed by atoms with van der Waals surface area (Å²) in [6.07, 6.45) is 0. The molecule has 0 radical (unpaired) electrons. The van der Waals surface area contributed by atoms with Gasteiger partial charge in [0.2, 0.25) is 0 Å². The topological polar surface area (TPSA) is 42.2 Å². The number of rotatable bonds is 2. The van der Waals surface area contributed by atoms with E-state index in [1.54, 1.807) is 6.07 Å². The summed E-state index contributed by atoms with van der Waals surface area (Å²) in [6, 6.07) is 13.4. The first-order valence-electron chi connectivity index (χ1n) is 6.60. The molecule has 0 aliphatic carbocycles. The molecular weight excluding hydrogens is 330 g/mol. The maximum Gasteiger partial charge on any atom is 0.291 e. The fourth-order valence-corrected chi connectivity index (χ4v) is 2.75. The summed E-state index contributed by atoms with van der Waals surface area (Å²) in [6.45, 7) is 3.99. The standard InChI is InChI=1S/C17H14BrNO2/c1-10-4-6-14(13(18)7-10)19-17(20)16-9-12-5-3-11(2)8-15(12)21-16/h3-9H,1-2H3,(H,19,20). The van der Waals surface area contributed by atoms with Crippen LogP contribution in [0.25, 0.3) is 11.0 Å². The molecule has 0 aliphatic rings. The quantitative estimate of drug-likeness (QED) is 0.706. The molecule has 0 saturated carbocycles. The molecule has 4 heteroatoms. The molecule has 21 heavy (non-hydrogen) atoms. The second-order valence-electron chi connectivity index (χ2n) is 5.09. The first kappa shape index (κ1) is 13.9. The third-order valence-electron chi connectivity index (χ3n) is 3.27. The third-order valence-corrected chi connectivity index (χ3v) is 3.93. The SMILES string of the molecule is Cc1ccc(NC(=O)c2cc3ccc(C)cc3o2)c(Br)c1. The lowest BCUT2D eigenvalue weighted by Crippen LogP contribution is -2.11. The van der Waals surface area contributed by atoms with Gasteiger partial charge in [-0.25, -0.2) is 0 Å². The summed E-state index contributed by atoms with van der Waals surface area (Å²) < 4.78 is 6.47. The summed E-state index contributed by atoms with van der Waals surface area (Å²) in [5.41, 5.74) is 3.68. The molecule has 0 bridgehead atoms. The molecule has 0 unspecified atom stereocenters. The summed E-state index contributed by atoms with van der Waals surface area (Å²) >= 11 is 3.45. The molecule has 1 aromatic heterocycles. The minimum absolute atomic E-state index is 0.256. The van der Waals surface area contributed by atoms with E-state index in [1.165, 1.54) is 0 Å². The summed E-state index contributed by atoms with van der Waals surface area (Å²) in [5, 5.41) is 3.77. The fraction of sp³-hybridized carbons (Fsp3) is 0.118. The van der Waals surface area contributed by atoms with E-state index in [0.717, 1.165) is 32.3 Å². The lowest BCUT2D eigenvalue weighted by molar-refractivity contribution is 0.0998. The molecule has 3 nitrogen and oxygen atoms in total. The molecule has 2 aromatic carbocycles. The lowest BCUT2D eigenvalue weighted by atomic mass is 10.2. The highest BCUT2D eigenvalue weighted by Gasteiger charge is 2.13. The van der Waals surface area contributed by atoms with E-state index >= 15 is 0 Å². The largest absolute Gasteiger partial charge is 0.451 e. The highest BCUT2D eigenvalue weighted by Crippen LogP contribution is 2.25. The van der Waals surface area contributed by atoms with E-state index in [1.807, 2.05) is 50.2 Å². The molecular formula is C17H14BrNO2. The first-order chi connectivity index (χ1) is 10.0. The van der Waals surface area contributed by atoms with Crippen LogP contribution in [0.3, 0.4) is 0 Å². The lowest BCUT2D eigenvalue weighted by Gasteiger charge is -2.06. The number of halogens is 1. The molecule has 0 saturated heterocycles. The number of nitrogens with one attached hydrogen (secondary N) is 1. The van der Waals surface area contributed by atoms with Crippen LogP contribution in [-0.4, -0.2) is 5.91 Å². The Labute approximate surface area is 131 Å². The minimum atomic E-state index is -0.256. The molecule has 0 fully saturated rings. The Bertz CT molecular complexity index is 836. The van der Waals surface area contributed by atoms with E-state index < -0.39 is 0 Å². The average Bonchev–Trinajstić information content (AvgIpc) is 2.85. The number of carbonyl (C=O) groups excluding carboxylic acids is 1. The molecule has 106 valence electrons. The number of benzene rings is 2. The number of anilines is 1. The smallest absolute Gasteiger partial charge is 0.291 e. The maximum atomic E-state index is 12.3. The van der Waals surface area contributed by atoms with Gasteiger partial charge < -0.3 is 9.73 Å². The number of hydrogen-bond acceptors (Lipinski definition) is 2. The highest BCUT2D eigenvalue weighted by molar-refractivity contribution is 9.10. The Hall–Kier alpha value is -2.07. The molecule has 1 N–H and O–H groups in total.